The van der Waals surface area contributed by atoms with E-state index in [1.807, 2.05) is 0 Å². The highest BCUT2D eigenvalue weighted by molar-refractivity contribution is 5.68. The fourth-order valence-corrected chi connectivity index (χ4v) is 2.21. The number of aromatic nitrogens is 2. The molecule has 2 aromatic carbocycles. The van der Waals surface area contributed by atoms with Crippen molar-refractivity contribution in [2.75, 3.05) is 0 Å². The van der Waals surface area contributed by atoms with Crippen LogP contribution in [0.4, 0.5) is 11.4 Å². The summed E-state index contributed by atoms with van der Waals surface area (Å²) >= 11 is 0. The average molecular weight is 338 g/mol. The van der Waals surface area contributed by atoms with Crippen molar-refractivity contribution >= 4 is 11.4 Å². The summed E-state index contributed by atoms with van der Waals surface area (Å²) in [5.41, 5.74) is 1.35. The van der Waals surface area contributed by atoms with Gasteiger partial charge in [-0.3, -0.25) is 20.2 Å². The molecular weight excluding hydrogens is 328 g/mol. The number of phenols is 1. The van der Waals surface area contributed by atoms with Gasteiger partial charge in [0.2, 0.25) is 0 Å². The van der Waals surface area contributed by atoms with Gasteiger partial charge in [-0.05, 0) is 23.8 Å². The zero-order chi connectivity index (χ0) is 18.0. The number of aromatic hydroxyl groups is 1. The van der Waals surface area contributed by atoms with Crippen LogP contribution in [0.2, 0.25) is 0 Å². The molecule has 0 aliphatic rings. The van der Waals surface area contributed by atoms with Crippen molar-refractivity contribution in [2.24, 2.45) is 0 Å². The molecule has 0 aliphatic heterocycles. The van der Waals surface area contributed by atoms with Crippen LogP contribution in [0.1, 0.15) is 0 Å². The zero-order valence-corrected chi connectivity index (χ0v) is 12.6. The number of non-ortho nitro benzene ring substituents is 2. The Labute approximate surface area is 140 Å². The van der Waals surface area contributed by atoms with Crippen LogP contribution in [-0.4, -0.2) is 24.9 Å². The lowest BCUT2D eigenvalue weighted by Gasteiger charge is -2.05. The van der Waals surface area contributed by atoms with E-state index in [0.717, 1.165) is 6.07 Å². The molecule has 0 unspecified atom stereocenters. The maximum atomic E-state index is 10.7. The van der Waals surface area contributed by atoms with E-state index in [2.05, 4.69) is 9.97 Å². The van der Waals surface area contributed by atoms with Crippen molar-refractivity contribution in [3.8, 4) is 28.3 Å². The molecule has 0 radical (unpaired) electrons. The molecule has 0 aliphatic carbocycles. The van der Waals surface area contributed by atoms with Gasteiger partial charge in [0.1, 0.15) is 5.75 Å². The van der Waals surface area contributed by atoms with Gasteiger partial charge in [0, 0.05) is 36.2 Å². The third kappa shape index (κ3) is 3.24. The predicted molar refractivity (Wildman–Crippen MR) is 87.9 cm³/mol. The largest absolute Gasteiger partial charge is 0.507 e. The van der Waals surface area contributed by atoms with Gasteiger partial charge in [0.05, 0.1) is 21.5 Å². The highest BCUT2D eigenvalue weighted by atomic mass is 16.6. The Bertz CT molecular complexity index is 955. The average Bonchev–Trinajstić information content (AvgIpc) is 2.62. The number of benzene rings is 2. The van der Waals surface area contributed by atoms with E-state index in [-0.39, 0.29) is 28.5 Å². The van der Waals surface area contributed by atoms with Crippen LogP contribution >= 0.6 is 0 Å². The van der Waals surface area contributed by atoms with Crippen molar-refractivity contribution in [1.82, 2.24) is 9.97 Å². The first-order valence-corrected chi connectivity index (χ1v) is 7.00. The lowest BCUT2D eigenvalue weighted by molar-refractivity contribution is -0.385. The van der Waals surface area contributed by atoms with E-state index >= 15 is 0 Å². The Kier molecular flexibility index (Phi) is 4.04. The first-order valence-electron chi connectivity index (χ1n) is 7.00. The SMILES string of the molecule is O=[N+]([O-])c1ccc(-c2cnc(-c3ccc([N+](=O)[O-])cc3O)nc2)cc1. The van der Waals surface area contributed by atoms with Gasteiger partial charge in [-0.2, -0.15) is 0 Å². The van der Waals surface area contributed by atoms with Crippen LogP contribution in [0.25, 0.3) is 22.5 Å². The Hall–Kier alpha value is -3.88. The molecular formula is C16H10N4O5. The van der Waals surface area contributed by atoms with E-state index in [0.29, 0.717) is 11.1 Å². The molecule has 0 amide bonds. The molecule has 9 nitrogen and oxygen atoms in total. The van der Waals surface area contributed by atoms with Gasteiger partial charge in [-0.25, -0.2) is 9.97 Å². The summed E-state index contributed by atoms with van der Waals surface area (Å²) in [6.07, 6.45) is 3.01. The van der Waals surface area contributed by atoms with Crippen LogP contribution in [0.15, 0.2) is 54.9 Å². The second-order valence-electron chi connectivity index (χ2n) is 5.06. The van der Waals surface area contributed by atoms with Crippen molar-refractivity contribution in [3.05, 3.63) is 75.1 Å². The third-order valence-corrected chi connectivity index (χ3v) is 3.50. The minimum atomic E-state index is -0.609. The maximum absolute atomic E-state index is 10.7. The monoisotopic (exact) mass is 338 g/mol. The molecule has 0 saturated carbocycles. The molecule has 0 saturated heterocycles. The lowest BCUT2D eigenvalue weighted by Crippen LogP contribution is -1.93. The second kappa shape index (κ2) is 6.32. The molecule has 1 N–H and O–H groups in total. The summed E-state index contributed by atoms with van der Waals surface area (Å²) in [7, 11) is 0. The molecule has 3 rings (SSSR count). The summed E-state index contributed by atoms with van der Waals surface area (Å²) < 4.78 is 0. The molecule has 0 fully saturated rings. The van der Waals surface area contributed by atoms with Gasteiger partial charge in [0.15, 0.2) is 5.82 Å². The zero-order valence-electron chi connectivity index (χ0n) is 12.6. The molecule has 3 aromatic rings. The fraction of sp³-hybridized carbons (Fsp3) is 0. The Morgan fingerprint density at radius 2 is 1.36 bits per heavy atom. The molecule has 1 heterocycles. The fourth-order valence-electron chi connectivity index (χ4n) is 2.21. The van der Waals surface area contributed by atoms with Gasteiger partial charge < -0.3 is 5.11 Å². The first kappa shape index (κ1) is 16.0. The minimum absolute atomic E-state index is 0.0166. The number of nitro benzene ring substituents is 2. The molecule has 9 heteroatoms. The summed E-state index contributed by atoms with van der Waals surface area (Å²) in [6.45, 7) is 0. The van der Waals surface area contributed by atoms with Gasteiger partial charge in [-0.15, -0.1) is 0 Å². The highest BCUT2D eigenvalue weighted by Gasteiger charge is 2.13. The Balaban J connectivity index is 1.90. The molecule has 124 valence electrons. The van der Waals surface area contributed by atoms with Crippen molar-refractivity contribution in [1.29, 1.82) is 0 Å². The molecule has 1 aromatic heterocycles. The molecule has 0 atom stereocenters. The van der Waals surface area contributed by atoms with Gasteiger partial charge in [-0.1, -0.05) is 0 Å². The number of hydrogen-bond donors (Lipinski definition) is 1. The number of phenolic OH excluding ortho intramolecular Hbond substituents is 1. The number of nitrogens with zero attached hydrogens (tertiary/aromatic N) is 4. The van der Waals surface area contributed by atoms with Gasteiger partial charge in [0.25, 0.3) is 11.4 Å². The van der Waals surface area contributed by atoms with E-state index in [1.54, 1.807) is 12.1 Å². The predicted octanol–water partition coefficient (Wildman–Crippen LogP) is 3.33. The highest BCUT2D eigenvalue weighted by Crippen LogP contribution is 2.30. The van der Waals surface area contributed by atoms with Crippen LogP contribution in [0.5, 0.6) is 5.75 Å². The Morgan fingerprint density at radius 1 is 0.800 bits per heavy atom. The topological polar surface area (TPSA) is 132 Å². The summed E-state index contributed by atoms with van der Waals surface area (Å²) in [5.74, 6) is -0.0876. The van der Waals surface area contributed by atoms with Crippen molar-refractivity contribution < 1.29 is 15.0 Å². The number of rotatable bonds is 4. The summed E-state index contributed by atoms with van der Waals surface area (Å²) in [5, 5.41) is 31.3. The van der Waals surface area contributed by atoms with E-state index in [4.69, 9.17) is 0 Å². The van der Waals surface area contributed by atoms with Crippen LogP contribution in [-0.2, 0) is 0 Å². The maximum Gasteiger partial charge on any atom is 0.273 e. The minimum Gasteiger partial charge on any atom is -0.507 e. The molecule has 0 spiro atoms. The van der Waals surface area contributed by atoms with Crippen molar-refractivity contribution in [2.45, 2.75) is 0 Å². The van der Waals surface area contributed by atoms with Gasteiger partial charge >= 0.3 is 0 Å². The lowest BCUT2D eigenvalue weighted by atomic mass is 10.1. The molecule has 25 heavy (non-hydrogen) atoms. The first-order chi connectivity index (χ1) is 12.0. The Morgan fingerprint density at radius 3 is 1.88 bits per heavy atom. The summed E-state index contributed by atoms with van der Waals surface area (Å²) in [6, 6.07) is 9.58. The van der Waals surface area contributed by atoms with Crippen LogP contribution < -0.4 is 0 Å². The van der Waals surface area contributed by atoms with Crippen LogP contribution in [0.3, 0.4) is 0 Å². The normalized spacial score (nSPS) is 10.4. The quantitative estimate of drug-likeness (QED) is 0.569. The summed E-state index contributed by atoms with van der Waals surface area (Å²) in [4.78, 5) is 28.5. The van der Waals surface area contributed by atoms with E-state index in [9.17, 15) is 25.3 Å². The standard InChI is InChI=1S/C16H10N4O5/c21-15-7-13(20(24)25)5-6-14(15)16-17-8-11(9-18-16)10-1-3-12(4-2-10)19(22)23/h1-9,21H. The van der Waals surface area contributed by atoms with E-state index < -0.39 is 9.85 Å². The molecule has 0 bridgehead atoms. The number of hydrogen-bond acceptors (Lipinski definition) is 7. The smallest absolute Gasteiger partial charge is 0.273 e. The number of nitro groups is 2. The van der Waals surface area contributed by atoms with Crippen molar-refractivity contribution in [3.63, 3.8) is 0 Å². The second-order valence-corrected chi connectivity index (χ2v) is 5.06. The van der Waals surface area contributed by atoms with Crippen LogP contribution in [0, 0.1) is 20.2 Å². The third-order valence-electron chi connectivity index (χ3n) is 3.50. The van der Waals surface area contributed by atoms with E-state index in [1.165, 1.54) is 36.7 Å².